The van der Waals surface area contributed by atoms with Crippen molar-refractivity contribution in [3.8, 4) is 0 Å². The Bertz CT molecular complexity index is 464. The Morgan fingerprint density at radius 2 is 2.16 bits per heavy atom. The molecule has 0 saturated heterocycles. The zero-order valence-corrected chi connectivity index (χ0v) is 11.4. The number of aliphatic carboxylic acids is 1. The van der Waals surface area contributed by atoms with E-state index in [-0.39, 0.29) is 6.42 Å². The fourth-order valence-corrected chi connectivity index (χ4v) is 1.38. The minimum absolute atomic E-state index is 0.294. The molecule has 2 N–H and O–H groups in total. The van der Waals surface area contributed by atoms with Gasteiger partial charge in [-0.15, -0.1) is 0 Å². The summed E-state index contributed by atoms with van der Waals surface area (Å²) in [5, 5.41) is 19.2. The molecule has 1 heterocycles. The van der Waals surface area contributed by atoms with Crippen LogP contribution < -0.4 is 5.32 Å². The van der Waals surface area contributed by atoms with Gasteiger partial charge < -0.3 is 15.2 Å². The summed E-state index contributed by atoms with van der Waals surface area (Å²) in [5.74, 6) is -1.05. The van der Waals surface area contributed by atoms with E-state index < -0.39 is 23.7 Å². The number of carbonyl (C=O) groups is 2. The third-order valence-corrected chi connectivity index (χ3v) is 2.04. The van der Waals surface area contributed by atoms with E-state index >= 15 is 0 Å². The lowest BCUT2D eigenvalue weighted by Crippen LogP contribution is -2.36. The number of nitrogens with zero attached hydrogens (tertiary/aromatic N) is 3. The molecule has 0 saturated carbocycles. The van der Waals surface area contributed by atoms with Gasteiger partial charge in [0, 0.05) is 7.05 Å². The topological polar surface area (TPSA) is 106 Å². The van der Waals surface area contributed by atoms with E-state index in [0.29, 0.717) is 5.69 Å². The normalized spacial score (nSPS) is 12.8. The predicted octanol–water partition coefficient (Wildman–Crippen LogP) is 0.856. The molecule has 0 spiro atoms. The molecular weight excluding hydrogens is 252 g/mol. The Labute approximate surface area is 110 Å². The van der Waals surface area contributed by atoms with Gasteiger partial charge in [-0.2, -0.15) is 15.0 Å². The SMILES string of the molecule is Cn1ncc(C(CC(=O)O)NC(=O)OC(C)(C)C)n1. The summed E-state index contributed by atoms with van der Waals surface area (Å²) >= 11 is 0. The number of aryl methyl sites for hydroxylation is 1. The van der Waals surface area contributed by atoms with Gasteiger partial charge in [0.05, 0.1) is 18.7 Å². The standard InChI is InChI=1S/C11H18N4O4/c1-11(2,3)19-10(18)13-7(5-9(16)17)8-6-12-15(4)14-8/h6-7H,5H2,1-4H3,(H,13,18)(H,16,17). The number of nitrogens with one attached hydrogen (secondary N) is 1. The third kappa shape index (κ3) is 5.36. The highest BCUT2D eigenvalue weighted by Gasteiger charge is 2.24. The van der Waals surface area contributed by atoms with Crippen LogP contribution in [-0.2, 0) is 16.6 Å². The van der Waals surface area contributed by atoms with Crippen LogP contribution in [0.1, 0.15) is 38.9 Å². The average Bonchev–Trinajstić information content (AvgIpc) is 2.60. The summed E-state index contributed by atoms with van der Waals surface area (Å²) in [7, 11) is 1.61. The Balaban J connectivity index is 2.76. The maximum absolute atomic E-state index is 11.6. The van der Waals surface area contributed by atoms with E-state index in [1.54, 1.807) is 27.8 Å². The van der Waals surface area contributed by atoms with Crippen LogP contribution in [0.4, 0.5) is 4.79 Å². The molecule has 1 aromatic heterocycles. The van der Waals surface area contributed by atoms with Gasteiger partial charge in [0.1, 0.15) is 11.3 Å². The average molecular weight is 270 g/mol. The molecule has 8 heteroatoms. The first-order valence-electron chi connectivity index (χ1n) is 5.75. The van der Waals surface area contributed by atoms with Gasteiger partial charge in [0.15, 0.2) is 0 Å². The van der Waals surface area contributed by atoms with E-state index in [2.05, 4.69) is 15.5 Å². The van der Waals surface area contributed by atoms with Crippen LogP contribution in [0.5, 0.6) is 0 Å². The van der Waals surface area contributed by atoms with E-state index in [4.69, 9.17) is 9.84 Å². The second-order valence-corrected chi connectivity index (χ2v) is 5.06. The Hall–Kier alpha value is -2.12. The van der Waals surface area contributed by atoms with Crippen LogP contribution in [-0.4, -0.2) is 37.8 Å². The number of ether oxygens (including phenoxy) is 1. The summed E-state index contributed by atoms with van der Waals surface area (Å²) in [6.45, 7) is 5.17. The lowest BCUT2D eigenvalue weighted by atomic mass is 10.1. The number of aromatic nitrogens is 3. The highest BCUT2D eigenvalue weighted by atomic mass is 16.6. The molecule has 8 nitrogen and oxygen atoms in total. The number of hydrogen-bond acceptors (Lipinski definition) is 5. The highest BCUT2D eigenvalue weighted by molar-refractivity contribution is 5.71. The van der Waals surface area contributed by atoms with Crippen molar-refractivity contribution in [3.05, 3.63) is 11.9 Å². The Kier molecular flexibility index (Phi) is 4.47. The number of alkyl carbamates (subject to hydrolysis) is 1. The van der Waals surface area contributed by atoms with Crippen LogP contribution in [0, 0.1) is 0 Å². The second-order valence-electron chi connectivity index (χ2n) is 5.06. The van der Waals surface area contributed by atoms with Gasteiger partial charge in [-0.3, -0.25) is 4.79 Å². The van der Waals surface area contributed by atoms with Crippen molar-refractivity contribution in [1.29, 1.82) is 0 Å². The van der Waals surface area contributed by atoms with Crippen LogP contribution in [0.2, 0.25) is 0 Å². The van der Waals surface area contributed by atoms with Crippen molar-refractivity contribution in [3.63, 3.8) is 0 Å². The van der Waals surface area contributed by atoms with Gasteiger partial charge in [-0.05, 0) is 20.8 Å². The fourth-order valence-electron chi connectivity index (χ4n) is 1.38. The molecule has 1 unspecified atom stereocenters. The van der Waals surface area contributed by atoms with Crippen molar-refractivity contribution < 1.29 is 19.4 Å². The quantitative estimate of drug-likeness (QED) is 0.840. The molecular formula is C11H18N4O4. The zero-order chi connectivity index (χ0) is 14.6. The van der Waals surface area contributed by atoms with Crippen LogP contribution in [0.3, 0.4) is 0 Å². The van der Waals surface area contributed by atoms with Crippen molar-refractivity contribution in [2.24, 2.45) is 7.05 Å². The Morgan fingerprint density at radius 1 is 1.53 bits per heavy atom. The molecule has 0 bridgehead atoms. The van der Waals surface area contributed by atoms with E-state index in [0.717, 1.165) is 0 Å². The monoisotopic (exact) mass is 270 g/mol. The summed E-state index contributed by atoms with van der Waals surface area (Å²) in [6.07, 6.45) is 0.424. The van der Waals surface area contributed by atoms with Gasteiger partial charge in [-0.1, -0.05) is 0 Å². The number of amides is 1. The van der Waals surface area contributed by atoms with Crippen molar-refractivity contribution in [2.45, 2.75) is 38.8 Å². The molecule has 1 aromatic rings. The first-order valence-corrected chi connectivity index (χ1v) is 5.75. The lowest BCUT2D eigenvalue weighted by Gasteiger charge is -2.22. The zero-order valence-electron chi connectivity index (χ0n) is 11.4. The van der Waals surface area contributed by atoms with Gasteiger partial charge in [0.25, 0.3) is 0 Å². The van der Waals surface area contributed by atoms with Crippen molar-refractivity contribution >= 4 is 12.1 Å². The molecule has 0 aliphatic heterocycles. The first kappa shape index (κ1) is 14.9. The Morgan fingerprint density at radius 3 is 2.58 bits per heavy atom. The minimum Gasteiger partial charge on any atom is -0.481 e. The molecule has 0 fully saturated rings. The second kappa shape index (κ2) is 5.68. The first-order chi connectivity index (χ1) is 8.67. The summed E-state index contributed by atoms with van der Waals surface area (Å²) in [4.78, 5) is 23.8. The number of hydrogen-bond donors (Lipinski definition) is 2. The van der Waals surface area contributed by atoms with Crippen LogP contribution in [0.15, 0.2) is 6.20 Å². The molecule has 0 aromatic carbocycles. The summed E-state index contributed by atoms with van der Waals surface area (Å²) in [5.41, 5.74) is -0.281. The molecule has 1 atom stereocenters. The minimum atomic E-state index is -1.05. The molecule has 0 aliphatic carbocycles. The lowest BCUT2D eigenvalue weighted by molar-refractivity contribution is -0.137. The number of rotatable bonds is 4. The number of carbonyl (C=O) groups excluding carboxylic acids is 1. The van der Waals surface area contributed by atoms with Crippen molar-refractivity contribution in [2.75, 3.05) is 0 Å². The molecule has 0 radical (unpaired) electrons. The van der Waals surface area contributed by atoms with Gasteiger partial charge in [-0.25, -0.2) is 4.79 Å². The van der Waals surface area contributed by atoms with Gasteiger partial charge in [0.2, 0.25) is 0 Å². The van der Waals surface area contributed by atoms with Crippen molar-refractivity contribution in [1.82, 2.24) is 20.3 Å². The maximum Gasteiger partial charge on any atom is 0.408 e. The molecule has 106 valence electrons. The molecule has 1 rings (SSSR count). The summed E-state index contributed by atoms with van der Waals surface area (Å²) in [6, 6.07) is -0.777. The van der Waals surface area contributed by atoms with Crippen LogP contribution in [0.25, 0.3) is 0 Å². The van der Waals surface area contributed by atoms with E-state index in [1.165, 1.54) is 11.0 Å². The number of carboxylic acid groups (broad SMARTS) is 1. The number of carboxylic acids is 1. The predicted molar refractivity (Wildman–Crippen MR) is 65.4 cm³/mol. The van der Waals surface area contributed by atoms with Gasteiger partial charge >= 0.3 is 12.1 Å². The van der Waals surface area contributed by atoms with E-state index in [1.807, 2.05) is 0 Å². The smallest absolute Gasteiger partial charge is 0.408 e. The largest absolute Gasteiger partial charge is 0.481 e. The van der Waals surface area contributed by atoms with Crippen LogP contribution >= 0.6 is 0 Å². The molecule has 19 heavy (non-hydrogen) atoms. The molecule has 0 aliphatic rings. The maximum atomic E-state index is 11.6. The molecule has 1 amide bonds. The fraction of sp³-hybridized carbons (Fsp3) is 0.636. The van der Waals surface area contributed by atoms with E-state index in [9.17, 15) is 9.59 Å². The third-order valence-electron chi connectivity index (χ3n) is 2.04. The summed E-state index contributed by atoms with van der Waals surface area (Å²) < 4.78 is 5.08. The highest BCUT2D eigenvalue weighted by Crippen LogP contribution is 2.15.